The van der Waals surface area contributed by atoms with Crippen molar-refractivity contribution in [2.75, 3.05) is 17.2 Å². The van der Waals surface area contributed by atoms with Crippen molar-refractivity contribution in [3.05, 3.63) is 71.9 Å². The predicted octanol–water partition coefficient (Wildman–Crippen LogP) is 3.85. The number of rotatable bonds is 8. The van der Waals surface area contributed by atoms with Gasteiger partial charge in [-0.3, -0.25) is 4.98 Å². The molecule has 0 saturated carbocycles. The zero-order valence-electron chi connectivity index (χ0n) is 15.1. The normalized spacial score (nSPS) is 11.8. The summed E-state index contributed by atoms with van der Waals surface area (Å²) in [5.41, 5.74) is 2.00. The topological polar surface area (TPSA) is 83.0 Å². The maximum absolute atomic E-state index is 13.1. The van der Waals surface area contributed by atoms with Gasteiger partial charge in [-0.1, -0.05) is 12.1 Å². The number of benzene rings is 1. The molecule has 1 unspecified atom stereocenters. The zero-order chi connectivity index (χ0) is 19.1. The molecule has 0 amide bonds. The van der Waals surface area contributed by atoms with E-state index in [2.05, 4.69) is 25.6 Å². The first kappa shape index (κ1) is 18.7. The van der Waals surface area contributed by atoms with Crippen LogP contribution in [0.25, 0.3) is 0 Å². The van der Waals surface area contributed by atoms with E-state index in [4.69, 9.17) is 5.11 Å². The summed E-state index contributed by atoms with van der Waals surface area (Å²) in [6, 6.07) is 10.2. The Bertz CT molecular complexity index is 858. The molecule has 0 bridgehead atoms. The molecule has 3 N–H and O–H groups in total. The Balaban J connectivity index is 1.81. The molecule has 6 nitrogen and oxygen atoms in total. The number of aliphatic hydroxyl groups is 1. The number of aryl methyl sites for hydroxylation is 1. The molecular weight excluding hydrogens is 345 g/mol. The van der Waals surface area contributed by atoms with Crippen LogP contribution in [0.5, 0.6) is 0 Å². The summed E-state index contributed by atoms with van der Waals surface area (Å²) in [6.45, 7) is 2.12. The van der Waals surface area contributed by atoms with Gasteiger partial charge in [-0.2, -0.15) is 0 Å². The molecule has 27 heavy (non-hydrogen) atoms. The van der Waals surface area contributed by atoms with Crippen LogP contribution in [0, 0.1) is 5.82 Å². The zero-order valence-corrected chi connectivity index (χ0v) is 15.1. The lowest BCUT2D eigenvalue weighted by Crippen LogP contribution is -2.09. The van der Waals surface area contributed by atoms with Gasteiger partial charge in [-0.05, 0) is 55.2 Å². The third-order valence-electron chi connectivity index (χ3n) is 4.06. The average Bonchev–Trinajstić information content (AvgIpc) is 2.67. The van der Waals surface area contributed by atoms with Crippen molar-refractivity contribution in [2.24, 2.45) is 0 Å². The third-order valence-corrected chi connectivity index (χ3v) is 4.06. The molecule has 0 spiro atoms. The minimum Gasteiger partial charge on any atom is -0.396 e. The van der Waals surface area contributed by atoms with Gasteiger partial charge in [0.2, 0.25) is 0 Å². The fourth-order valence-corrected chi connectivity index (χ4v) is 2.70. The number of nitrogens with zero attached hydrogens (tertiary/aromatic N) is 3. The molecule has 1 atom stereocenters. The van der Waals surface area contributed by atoms with Crippen molar-refractivity contribution in [1.29, 1.82) is 0 Å². The molecule has 0 fully saturated rings. The van der Waals surface area contributed by atoms with E-state index in [1.54, 1.807) is 30.7 Å². The van der Waals surface area contributed by atoms with Crippen LogP contribution >= 0.6 is 0 Å². The molecule has 1 aromatic carbocycles. The second-order valence-electron chi connectivity index (χ2n) is 6.21. The Morgan fingerprint density at radius 2 is 1.85 bits per heavy atom. The van der Waals surface area contributed by atoms with Gasteiger partial charge in [-0.15, -0.1) is 0 Å². The lowest BCUT2D eigenvalue weighted by molar-refractivity contribution is 0.288. The molecule has 0 aliphatic carbocycles. The van der Waals surface area contributed by atoms with Crippen LogP contribution < -0.4 is 10.6 Å². The summed E-state index contributed by atoms with van der Waals surface area (Å²) in [5.74, 6) is 1.67. The van der Waals surface area contributed by atoms with E-state index >= 15 is 0 Å². The molecule has 0 radical (unpaired) electrons. The third kappa shape index (κ3) is 5.46. The molecule has 7 heteroatoms. The molecule has 0 saturated heterocycles. The van der Waals surface area contributed by atoms with Gasteiger partial charge in [0.25, 0.3) is 0 Å². The summed E-state index contributed by atoms with van der Waals surface area (Å²) >= 11 is 0. The Kier molecular flexibility index (Phi) is 6.27. The summed E-state index contributed by atoms with van der Waals surface area (Å²) in [4.78, 5) is 12.8. The summed E-state index contributed by atoms with van der Waals surface area (Å²) in [7, 11) is 0. The second kappa shape index (κ2) is 9.05. The minimum atomic E-state index is -0.259. The van der Waals surface area contributed by atoms with E-state index in [0.717, 1.165) is 17.5 Å². The van der Waals surface area contributed by atoms with Gasteiger partial charge in [-0.25, -0.2) is 14.4 Å². The van der Waals surface area contributed by atoms with Crippen molar-refractivity contribution in [1.82, 2.24) is 15.0 Å². The van der Waals surface area contributed by atoms with Gasteiger partial charge < -0.3 is 15.7 Å². The Morgan fingerprint density at radius 1 is 1.07 bits per heavy atom. The number of aliphatic hydroxyl groups excluding tert-OH is 1. The van der Waals surface area contributed by atoms with Crippen molar-refractivity contribution < 1.29 is 9.50 Å². The Labute approximate surface area is 157 Å². The molecular formula is C20H22FN5O. The summed E-state index contributed by atoms with van der Waals surface area (Å²) in [5, 5.41) is 15.6. The predicted molar refractivity (Wildman–Crippen MR) is 103 cm³/mol. The lowest BCUT2D eigenvalue weighted by Gasteiger charge is -2.17. The van der Waals surface area contributed by atoms with Crippen molar-refractivity contribution in [2.45, 2.75) is 25.8 Å². The molecule has 3 aromatic rings. The highest BCUT2D eigenvalue weighted by molar-refractivity contribution is 5.56. The number of anilines is 3. The highest BCUT2D eigenvalue weighted by Gasteiger charge is 2.09. The number of nitrogens with one attached hydrogen (secondary N) is 2. The van der Waals surface area contributed by atoms with E-state index < -0.39 is 0 Å². The lowest BCUT2D eigenvalue weighted by atomic mass is 10.1. The molecule has 3 rings (SSSR count). The monoisotopic (exact) mass is 367 g/mol. The Morgan fingerprint density at radius 3 is 2.56 bits per heavy atom. The van der Waals surface area contributed by atoms with Crippen LogP contribution in [-0.4, -0.2) is 26.7 Å². The summed E-state index contributed by atoms with van der Waals surface area (Å²) in [6.07, 6.45) is 6.23. The van der Waals surface area contributed by atoms with Crippen molar-refractivity contribution >= 4 is 17.5 Å². The van der Waals surface area contributed by atoms with Gasteiger partial charge in [0.05, 0.1) is 6.20 Å². The SMILES string of the molecule is CC(Nc1cc(CCCO)cc(Nc2cnccn2)n1)c1ccc(F)cc1. The van der Waals surface area contributed by atoms with E-state index in [-0.39, 0.29) is 18.5 Å². The fourth-order valence-electron chi connectivity index (χ4n) is 2.70. The van der Waals surface area contributed by atoms with Crippen LogP contribution in [-0.2, 0) is 6.42 Å². The first-order chi connectivity index (χ1) is 13.1. The van der Waals surface area contributed by atoms with Gasteiger partial charge in [0, 0.05) is 25.0 Å². The van der Waals surface area contributed by atoms with E-state index in [1.807, 2.05) is 19.1 Å². The van der Waals surface area contributed by atoms with Crippen LogP contribution in [0.4, 0.5) is 21.8 Å². The van der Waals surface area contributed by atoms with Crippen molar-refractivity contribution in [3.8, 4) is 0 Å². The minimum absolute atomic E-state index is 0.0458. The quantitative estimate of drug-likeness (QED) is 0.561. The molecule has 0 aliphatic heterocycles. The molecule has 0 aliphatic rings. The maximum Gasteiger partial charge on any atom is 0.150 e. The standard InChI is InChI=1S/C20H22FN5O/c1-14(16-4-6-17(21)7-5-16)24-18-11-15(3-2-10-27)12-19(25-18)26-20-13-22-8-9-23-20/h4-9,11-14,27H,2-3,10H2,1H3,(H2,23,24,25,26). The average molecular weight is 367 g/mol. The highest BCUT2D eigenvalue weighted by atomic mass is 19.1. The van der Waals surface area contributed by atoms with E-state index in [0.29, 0.717) is 23.9 Å². The van der Waals surface area contributed by atoms with Crippen LogP contribution in [0.2, 0.25) is 0 Å². The van der Waals surface area contributed by atoms with E-state index in [9.17, 15) is 4.39 Å². The van der Waals surface area contributed by atoms with Gasteiger partial charge in [0.15, 0.2) is 0 Å². The van der Waals surface area contributed by atoms with E-state index in [1.165, 1.54) is 12.1 Å². The first-order valence-electron chi connectivity index (χ1n) is 8.81. The molecule has 2 heterocycles. The number of pyridine rings is 1. The second-order valence-corrected chi connectivity index (χ2v) is 6.21. The number of halogens is 1. The maximum atomic E-state index is 13.1. The van der Waals surface area contributed by atoms with Crippen LogP contribution in [0.1, 0.15) is 30.5 Å². The summed E-state index contributed by atoms with van der Waals surface area (Å²) < 4.78 is 13.1. The van der Waals surface area contributed by atoms with Crippen LogP contribution in [0.15, 0.2) is 55.0 Å². The fraction of sp³-hybridized carbons (Fsp3) is 0.250. The van der Waals surface area contributed by atoms with Crippen LogP contribution in [0.3, 0.4) is 0 Å². The number of hydrogen-bond acceptors (Lipinski definition) is 6. The molecule has 2 aromatic heterocycles. The van der Waals surface area contributed by atoms with Gasteiger partial charge in [0.1, 0.15) is 23.3 Å². The smallest absolute Gasteiger partial charge is 0.150 e. The Hall–Kier alpha value is -3.06. The van der Waals surface area contributed by atoms with Gasteiger partial charge >= 0.3 is 0 Å². The van der Waals surface area contributed by atoms with Crippen molar-refractivity contribution in [3.63, 3.8) is 0 Å². The highest BCUT2D eigenvalue weighted by Crippen LogP contribution is 2.23. The molecule has 140 valence electrons. The first-order valence-corrected chi connectivity index (χ1v) is 8.81. The number of hydrogen-bond donors (Lipinski definition) is 3. The largest absolute Gasteiger partial charge is 0.396 e. The number of aromatic nitrogens is 3.